The Kier molecular flexibility index (Phi) is 6.30. The third kappa shape index (κ3) is 5.62. The Bertz CT molecular complexity index is 1030. The van der Waals surface area contributed by atoms with Crippen molar-refractivity contribution >= 4 is 39.3 Å². The second kappa shape index (κ2) is 8.72. The van der Waals surface area contributed by atoms with Crippen molar-refractivity contribution in [1.29, 1.82) is 0 Å². The van der Waals surface area contributed by atoms with E-state index in [-0.39, 0.29) is 25.4 Å². The Labute approximate surface area is 171 Å². The van der Waals surface area contributed by atoms with E-state index in [1.807, 2.05) is 16.9 Å². The predicted octanol–water partition coefficient (Wildman–Crippen LogP) is 0.524. The summed E-state index contributed by atoms with van der Waals surface area (Å²) in [6.45, 7) is 0.206. The second-order valence-electron chi connectivity index (χ2n) is 6.46. The molecule has 0 radical (unpaired) electrons. The van der Waals surface area contributed by atoms with E-state index in [0.717, 1.165) is 9.87 Å². The number of amides is 2. The van der Waals surface area contributed by atoms with Crippen LogP contribution in [0, 0.1) is 0 Å². The van der Waals surface area contributed by atoms with Gasteiger partial charge in [-0.25, -0.2) is 4.72 Å². The van der Waals surface area contributed by atoms with E-state index in [1.54, 1.807) is 24.3 Å². The van der Waals surface area contributed by atoms with Crippen LogP contribution in [0.2, 0.25) is 0 Å². The SMILES string of the molecule is O=C(O)Cc1ccc(CCNC(=O)c2ccc(CN3CC(=O)NS3(=O)=O)s2)cc1. The minimum atomic E-state index is -3.79. The van der Waals surface area contributed by atoms with Crippen molar-refractivity contribution in [3.8, 4) is 0 Å². The maximum absolute atomic E-state index is 12.3. The molecule has 9 nitrogen and oxygen atoms in total. The first-order valence-electron chi connectivity index (χ1n) is 8.70. The summed E-state index contributed by atoms with van der Waals surface area (Å²) in [5.41, 5.74) is 1.69. The number of hydrogen-bond donors (Lipinski definition) is 3. The lowest BCUT2D eigenvalue weighted by Crippen LogP contribution is -2.29. The summed E-state index contributed by atoms with van der Waals surface area (Å²) < 4.78 is 26.4. The van der Waals surface area contributed by atoms with Gasteiger partial charge in [0.25, 0.3) is 5.91 Å². The topological polar surface area (TPSA) is 133 Å². The van der Waals surface area contributed by atoms with Gasteiger partial charge >= 0.3 is 16.2 Å². The summed E-state index contributed by atoms with van der Waals surface area (Å²) in [5.74, 6) is -1.72. The normalized spacial score (nSPS) is 15.8. The minimum absolute atomic E-state index is 0.0271. The lowest BCUT2D eigenvalue weighted by atomic mass is 10.1. The molecule has 1 aliphatic rings. The highest BCUT2D eigenvalue weighted by molar-refractivity contribution is 7.88. The van der Waals surface area contributed by atoms with Crippen molar-refractivity contribution in [1.82, 2.24) is 14.3 Å². The highest BCUT2D eigenvalue weighted by Gasteiger charge is 2.34. The van der Waals surface area contributed by atoms with Crippen molar-refractivity contribution in [2.24, 2.45) is 0 Å². The molecule has 0 unspecified atom stereocenters. The number of carbonyl (C=O) groups is 3. The standard InChI is InChI=1S/C18H19N3O6S2/c22-16-11-21(29(26,27)20-16)10-14-5-6-15(28-14)18(25)19-8-7-12-1-3-13(4-2-12)9-17(23)24/h1-6H,7-11H2,(H,19,25)(H,20,22)(H,23,24). The van der Waals surface area contributed by atoms with E-state index in [0.29, 0.717) is 28.3 Å². The lowest BCUT2D eigenvalue weighted by molar-refractivity contribution is -0.136. The van der Waals surface area contributed by atoms with Gasteiger partial charge in [0, 0.05) is 11.4 Å². The predicted molar refractivity (Wildman–Crippen MR) is 106 cm³/mol. The number of nitrogens with one attached hydrogen (secondary N) is 2. The molecule has 2 heterocycles. The third-order valence-electron chi connectivity index (χ3n) is 4.20. The molecule has 154 valence electrons. The summed E-state index contributed by atoms with van der Waals surface area (Å²) in [4.78, 5) is 35.3. The molecule has 0 aliphatic carbocycles. The molecule has 0 spiro atoms. The lowest BCUT2D eigenvalue weighted by Gasteiger charge is -2.10. The zero-order valence-corrected chi connectivity index (χ0v) is 16.9. The summed E-state index contributed by atoms with van der Waals surface area (Å²) in [6, 6.07) is 10.5. The summed E-state index contributed by atoms with van der Waals surface area (Å²) in [7, 11) is -3.79. The molecule has 1 aromatic heterocycles. The number of carboxylic acid groups (broad SMARTS) is 1. The number of nitrogens with zero attached hydrogens (tertiary/aromatic N) is 1. The van der Waals surface area contributed by atoms with Crippen LogP contribution in [0.25, 0.3) is 0 Å². The Morgan fingerprint density at radius 1 is 1.14 bits per heavy atom. The van der Waals surface area contributed by atoms with Gasteiger partial charge in [-0.15, -0.1) is 11.3 Å². The zero-order valence-electron chi connectivity index (χ0n) is 15.3. The molecule has 1 aliphatic heterocycles. The van der Waals surface area contributed by atoms with Crippen LogP contribution >= 0.6 is 11.3 Å². The Morgan fingerprint density at radius 2 is 1.83 bits per heavy atom. The summed E-state index contributed by atoms with van der Waals surface area (Å²) in [5, 5.41) is 11.6. The molecular weight excluding hydrogens is 418 g/mol. The first kappa shape index (κ1) is 21.0. The van der Waals surface area contributed by atoms with Crippen LogP contribution in [0.5, 0.6) is 0 Å². The number of aliphatic carboxylic acids is 1. The summed E-state index contributed by atoms with van der Waals surface area (Å²) >= 11 is 1.17. The number of carbonyl (C=O) groups excluding carboxylic acids is 2. The molecule has 1 aromatic carbocycles. The molecular formula is C18H19N3O6S2. The molecule has 3 N–H and O–H groups in total. The average molecular weight is 437 g/mol. The second-order valence-corrected chi connectivity index (χ2v) is 9.30. The zero-order chi connectivity index (χ0) is 21.0. The van der Waals surface area contributed by atoms with Crippen LogP contribution in [-0.4, -0.2) is 48.7 Å². The molecule has 2 amide bonds. The van der Waals surface area contributed by atoms with Gasteiger partial charge in [-0.2, -0.15) is 12.7 Å². The first-order chi connectivity index (χ1) is 13.7. The van der Waals surface area contributed by atoms with Gasteiger partial charge in [-0.3, -0.25) is 14.4 Å². The van der Waals surface area contributed by atoms with Crippen molar-refractivity contribution < 1.29 is 27.9 Å². The summed E-state index contributed by atoms with van der Waals surface area (Å²) in [6.07, 6.45) is 0.567. The van der Waals surface area contributed by atoms with Gasteiger partial charge in [-0.05, 0) is 29.7 Å². The highest BCUT2D eigenvalue weighted by atomic mass is 32.2. The van der Waals surface area contributed by atoms with Crippen molar-refractivity contribution in [3.05, 3.63) is 57.3 Å². The van der Waals surface area contributed by atoms with Crippen molar-refractivity contribution in [2.75, 3.05) is 13.1 Å². The highest BCUT2D eigenvalue weighted by Crippen LogP contribution is 2.20. The number of rotatable bonds is 8. The fourth-order valence-electron chi connectivity index (χ4n) is 2.79. The van der Waals surface area contributed by atoms with Gasteiger partial charge in [0.05, 0.1) is 24.4 Å². The van der Waals surface area contributed by atoms with E-state index in [4.69, 9.17) is 5.11 Å². The van der Waals surface area contributed by atoms with E-state index in [2.05, 4.69) is 5.32 Å². The fourth-order valence-corrected chi connectivity index (χ4v) is 4.89. The number of hydrogen-bond acceptors (Lipinski definition) is 6. The quantitative estimate of drug-likeness (QED) is 0.552. The average Bonchev–Trinajstić information content (AvgIpc) is 3.20. The van der Waals surface area contributed by atoms with Crippen molar-refractivity contribution in [3.63, 3.8) is 0 Å². The first-order valence-corrected chi connectivity index (χ1v) is 11.0. The third-order valence-corrected chi connectivity index (χ3v) is 6.69. The number of carboxylic acids is 1. The van der Waals surface area contributed by atoms with Gasteiger partial charge < -0.3 is 10.4 Å². The number of thiophene rings is 1. The maximum atomic E-state index is 12.3. The Morgan fingerprint density at radius 3 is 2.45 bits per heavy atom. The largest absolute Gasteiger partial charge is 0.481 e. The van der Waals surface area contributed by atoms with Crippen molar-refractivity contribution in [2.45, 2.75) is 19.4 Å². The molecule has 1 saturated heterocycles. The monoisotopic (exact) mass is 437 g/mol. The van der Waals surface area contributed by atoms with E-state index < -0.39 is 22.1 Å². The van der Waals surface area contributed by atoms with Crippen LogP contribution in [0.15, 0.2) is 36.4 Å². The molecule has 0 atom stereocenters. The Balaban J connectivity index is 1.49. The van der Waals surface area contributed by atoms with Crippen LogP contribution in [0.4, 0.5) is 0 Å². The minimum Gasteiger partial charge on any atom is -0.481 e. The maximum Gasteiger partial charge on any atom is 0.307 e. The number of benzene rings is 1. The van der Waals surface area contributed by atoms with Crippen LogP contribution in [0.3, 0.4) is 0 Å². The molecule has 3 rings (SSSR count). The van der Waals surface area contributed by atoms with E-state index >= 15 is 0 Å². The van der Waals surface area contributed by atoms with Gasteiger partial charge in [0.1, 0.15) is 0 Å². The van der Waals surface area contributed by atoms with Crippen LogP contribution in [0.1, 0.15) is 25.7 Å². The van der Waals surface area contributed by atoms with E-state index in [9.17, 15) is 22.8 Å². The molecule has 1 fully saturated rings. The van der Waals surface area contributed by atoms with Crippen LogP contribution < -0.4 is 10.0 Å². The molecule has 0 bridgehead atoms. The molecule has 11 heteroatoms. The smallest absolute Gasteiger partial charge is 0.307 e. The van der Waals surface area contributed by atoms with E-state index in [1.165, 1.54) is 11.3 Å². The van der Waals surface area contributed by atoms with Gasteiger partial charge in [-0.1, -0.05) is 24.3 Å². The molecule has 2 aromatic rings. The molecule has 0 saturated carbocycles. The fraction of sp³-hybridized carbons (Fsp3) is 0.278. The van der Waals surface area contributed by atoms with Gasteiger partial charge in [0.2, 0.25) is 5.91 Å². The van der Waals surface area contributed by atoms with Gasteiger partial charge in [0.15, 0.2) is 0 Å². The van der Waals surface area contributed by atoms with Crippen LogP contribution in [-0.2, 0) is 39.2 Å². The molecule has 29 heavy (non-hydrogen) atoms. The Hall–Kier alpha value is -2.76.